The van der Waals surface area contributed by atoms with Crippen molar-refractivity contribution in [1.82, 2.24) is 19.9 Å². The number of aromatic nitrogens is 4. The van der Waals surface area contributed by atoms with E-state index < -0.39 is 0 Å². The maximum absolute atomic E-state index is 5.15. The monoisotopic (exact) mass is 216 g/mol. The minimum absolute atomic E-state index is 0.463. The van der Waals surface area contributed by atoms with Gasteiger partial charge in [-0.05, 0) is 13.8 Å². The third kappa shape index (κ3) is 1.98. The van der Waals surface area contributed by atoms with E-state index in [1.807, 2.05) is 13.8 Å². The van der Waals surface area contributed by atoms with Crippen LogP contribution in [-0.2, 0) is 0 Å². The Kier molecular flexibility index (Phi) is 2.76. The standard InChI is InChI=1S/C11H12N4O/c1-7-4-12-6-9(14-7)10-11(16-3)13-5-8(2)15-10/h4-6H,1-3H3. The van der Waals surface area contributed by atoms with Gasteiger partial charge in [-0.15, -0.1) is 0 Å². The first-order valence-corrected chi connectivity index (χ1v) is 4.87. The number of hydrogen-bond acceptors (Lipinski definition) is 5. The van der Waals surface area contributed by atoms with E-state index >= 15 is 0 Å². The minimum Gasteiger partial charge on any atom is -0.479 e. The van der Waals surface area contributed by atoms with Crippen molar-refractivity contribution < 1.29 is 4.74 Å². The maximum Gasteiger partial charge on any atom is 0.242 e. The second kappa shape index (κ2) is 4.22. The molecule has 0 aliphatic heterocycles. The van der Waals surface area contributed by atoms with Crippen molar-refractivity contribution in [3.8, 4) is 17.3 Å². The number of methoxy groups -OCH3 is 1. The second-order valence-electron chi connectivity index (χ2n) is 3.41. The van der Waals surface area contributed by atoms with Crippen LogP contribution >= 0.6 is 0 Å². The summed E-state index contributed by atoms with van der Waals surface area (Å²) in [6.07, 6.45) is 5.00. The highest BCUT2D eigenvalue weighted by Crippen LogP contribution is 2.23. The molecular weight excluding hydrogens is 204 g/mol. The summed E-state index contributed by atoms with van der Waals surface area (Å²) in [7, 11) is 1.56. The highest BCUT2D eigenvalue weighted by Gasteiger charge is 2.11. The van der Waals surface area contributed by atoms with Gasteiger partial charge in [0.15, 0.2) is 5.69 Å². The van der Waals surface area contributed by atoms with Gasteiger partial charge in [-0.25, -0.2) is 15.0 Å². The van der Waals surface area contributed by atoms with Crippen LogP contribution in [0.4, 0.5) is 0 Å². The molecule has 0 fully saturated rings. The van der Waals surface area contributed by atoms with Gasteiger partial charge < -0.3 is 4.74 Å². The van der Waals surface area contributed by atoms with Crippen LogP contribution < -0.4 is 4.74 Å². The van der Waals surface area contributed by atoms with E-state index in [4.69, 9.17) is 4.74 Å². The number of nitrogens with zero attached hydrogens (tertiary/aromatic N) is 4. The average molecular weight is 216 g/mol. The van der Waals surface area contributed by atoms with Crippen LogP contribution in [0.1, 0.15) is 11.4 Å². The van der Waals surface area contributed by atoms with Gasteiger partial charge in [-0.1, -0.05) is 0 Å². The number of ether oxygens (including phenoxy) is 1. The van der Waals surface area contributed by atoms with Gasteiger partial charge in [-0.3, -0.25) is 4.98 Å². The Morgan fingerprint density at radius 2 is 1.75 bits per heavy atom. The fourth-order valence-corrected chi connectivity index (χ4v) is 1.36. The SMILES string of the molecule is COc1ncc(C)nc1-c1cncc(C)n1. The molecular formula is C11H12N4O. The molecule has 0 radical (unpaired) electrons. The molecule has 16 heavy (non-hydrogen) atoms. The van der Waals surface area contributed by atoms with E-state index in [0.29, 0.717) is 17.3 Å². The summed E-state index contributed by atoms with van der Waals surface area (Å²) >= 11 is 0. The summed E-state index contributed by atoms with van der Waals surface area (Å²) < 4.78 is 5.15. The van der Waals surface area contributed by atoms with Crippen molar-refractivity contribution in [1.29, 1.82) is 0 Å². The van der Waals surface area contributed by atoms with Gasteiger partial charge in [0, 0.05) is 6.20 Å². The molecule has 82 valence electrons. The fourth-order valence-electron chi connectivity index (χ4n) is 1.36. The Bertz CT molecular complexity index is 513. The molecule has 0 aromatic carbocycles. The summed E-state index contributed by atoms with van der Waals surface area (Å²) in [5.41, 5.74) is 2.95. The predicted molar refractivity (Wildman–Crippen MR) is 59.1 cm³/mol. The number of rotatable bonds is 2. The van der Waals surface area contributed by atoms with E-state index in [0.717, 1.165) is 11.4 Å². The lowest BCUT2D eigenvalue weighted by atomic mass is 10.3. The normalized spacial score (nSPS) is 10.2. The predicted octanol–water partition coefficient (Wildman–Crippen LogP) is 1.56. The molecule has 0 saturated carbocycles. The maximum atomic E-state index is 5.15. The summed E-state index contributed by atoms with van der Waals surface area (Å²) in [4.78, 5) is 16.9. The van der Waals surface area contributed by atoms with E-state index in [9.17, 15) is 0 Å². The van der Waals surface area contributed by atoms with Crippen LogP contribution in [0.5, 0.6) is 5.88 Å². The highest BCUT2D eigenvalue weighted by molar-refractivity contribution is 5.59. The van der Waals surface area contributed by atoms with Gasteiger partial charge >= 0.3 is 0 Å². The average Bonchev–Trinajstić information content (AvgIpc) is 2.29. The van der Waals surface area contributed by atoms with E-state index in [1.165, 1.54) is 0 Å². The van der Waals surface area contributed by atoms with Gasteiger partial charge in [0.05, 0.1) is 30.9 Å². The third-order valence-electron chi connectivity index (χ3n) is 2.05. The molecule has 5 nitrogen and oxygen atoms in total. The second-order valence-corrected chi connectivity index (χ2v) is 3.41. The first-order chi connectivity index (χ1) is 7.70. The lowest BCUT2D eigenvalue weighted by molar-refractivity contribution is 0.397. The van der Waals surface area contributed by atoms with E-state index in [1.54, 1.807) is 25.7 Å². The summed E-state index contributed by atoms with van der Waals surface area (Å²) in [5, 5.41) is 0. The van der Waals surface area contributed by atoms with Gasteiger partial charge in [-0.2, -0.15) is 0 Å². The Morgan fingerprint density at radius 3 is 2.44 bits per heavy atom. The van der Waals surface area contributed by atoms with Crippen LogP contribution in [0.2, 0.25) is 0 Å². The van der Waals surface area contributed by atoms with Crippen molar-refractivity contribution in [2.75, 3.05) is 7.11 Å². The van der Waals surface area contributed by atoms with Crippen molar-refractivity contribution in [3.05, 3.63) is 30.0 Å². The first-order valence-electron chi connectivity index (χ1n) is 4.87. The van der Waals surface area contributed by atoms with Crippen LogP contribution in [0, 0.1) is 13.8 Å². The quantitative estimate of drug-likeness (QED) is 0.762. The first kappa shape index (κ1) is 10.5. The van der Waals surface area contributed by atoms with Crippen molar-refractivity contribution >= 4 is 0 Å². The molecule has 2 aromatic rings. The zero-order chi connectivity index (χ0) is 11.5. The molecule has 2 aromatic heterocycles. The molecule has 0 aliphatic rings. The smallest absolute Gasteiger partial charge is 0.242 e. The van der Waals surface area contributed by atoms with Crippen molar-refractivity contribution in [2.45, 2.75) is 13.8 Å². The molecule has 0 N–H and O–H groups in total. The topological polar surface area (TPSA) is 60.8 Å². The van der Waals surface area contributed by atoms with Crippen molar-refractivity contribution in [3.63, 3.8) is 0 Å². The molecule has 0 unspecified atom stereocenters. The van der Waals surface area contributed by atoms with Gasteiger partial charge in [0.1, 0.15) is 5.69 Å². The Labute approximate surface area is 93.6 Å². The van der Waals surface area contributed by atoms with Crippen LogP contribution in [-0.4, -0.2) is 27.0 Å². The number of hydrogen-bond donors (Lipinski definition) is 0. The van der Waals surface area contributed by atoms with Crippen LogP contribution in [0.15, 0.2) is 18.6 Å². The molecule has 0 amide bonds. The van der Waals surface area contributed by atoms with Gasteiger partial charge in [0.25, 0.3) is 0 Å². The fraction of sp³-hybridized carbons (Fsp3) is 0.273. The summed E-state index contributed by atoms with van der Waals surface area (Å²) in [5.74, 6) is 0.463. The Morgan fingerprint density at radius 1 is 1.00 bits per heavy atom. The van der Waals surface area contributed by atoms with Crippen LogP contribution in [0.25, 0.3) is 11.4 Å². The molecule has 0 aliphatic carbocycles. The lowest BCUT2D eigenvalue weighted by Crippen LogP contribution is -1.99. The summed E-state index contributed by atoms with van der Waals surface area (Å²) in [6, 6.07) is 0. The highest BCUT2D eigenvalue weighted by atomic mass is 16.5. The third-order valence-corrected chi connectivity index (χ3v) is 2.05. The molecule has 0 saturated heterocycles. The molecule has 2 rings (SSSR count). The molecule has 5 heteroatoms. The van der Waals surface area contributed by atoms with Crippen LogP contribution in [0.3, 0.4) is 0 Å². The molecule has 0 spiro atoms. The summed E-state index contributed by atoms with van der Waals surface area (Å²) in [6.45, 7) is 3.76. The largest absolute Gasteiger partial charge is 0.479 e. The Hall–Kier alpha value is -2.04. The molecule has 0 atom stereocenters. The lowest BCUT2D eigenvalue weighted by Gasteiger charge is -2.06. The van der Waals surface area contributed by atoms with E-state index in [2.05, 4.69) is 19.9 Å². The minimum atomic E-state index is 0.463. The Balaban J connectivity index is 2.58. The zero-order valence-corrected chi connectivity index (χ0v) is 9.43. The van der Waals surface area contributed by atoms with Crippen molar-refractivity contribution in [2.24, 2.45) is 0 Å². The van der Waals surface area contributed by atoms with E-state index in [-0.39, 0.29) is 0 Å². The number of aryl methyl sites for hydroxylation is 2. The molecule has 0 bridgehead atoms. The molecule has 2 heterocycles. The van der Waals surface area contributed by atoms with Gasteiger partial charge in [0.2, 0.25) is 5.88 Å². The zero-order valence-electron chi connectivity index (χ0n) is 9.43.